The van der Waals surface area contributed by atoms with Crippen LogP contribution in [0.2, 0.25) is 0 Å². The van der Waals surface area contributed by atoms with Crippen molar-refractivity contribution in [1.29, 1.82) is 0 Å². The maximum atomic E-state index is 11.6. The third-order valence-corrected chi connectivity index (χ3v) is 4.33. The van der Waals surface area contributed by atoms with E-state index in [2.05, 4.69) is 15.3 Å². The van der Waals surface area contributed by atoms with Gasteiger partial charge >= 0.3 is 6.09 Å². The van der Waals surface area contributed by atoms with Gasteiger partial charge in [0.05, 0.1) is 16.7 Å². The maximum Gasteiger partial charge on any atom is 0.412 e. The van der Waals surface area contributed by atoms with E-state index in [0.29, 0.717) is 0 Å². The first-order chi connectivity index (χ1) is 10.0. The van der Waals surface area contributed by atoms with Crippen LogP contribution in [0, 0.1) is 0 Å². The van der Waals surface area contributed by atoms with Crippen LogP contribution in [0.1, 0.15) is 19.4 Å². The number of aromatic nitrogens is 2. The van der Waals surface area contributed by atoms with Crippen molar-refractivity contribution >= 4 is 34.2 Å². The standard InChI is InChI=1S/C15H13N3O2S/c1-15(2)9-5-11-12(6-10(9)18-14(19)20-15)17-13(16-11)8-3-4-21-7-8/h3-7H,1-2H3,(H,16,17)(H,18,19). The fraction of sp³-hybridized carbons (Fsp3) is 0.200. The molecule has 3 aromatic rings. The van der Waals surface area contributed by atoms with Crippen molar-refractivity contribution in [3.05, 3.63) is 34.5 Å². The minimum atomic E-state index is -0.653. The molecule has 0 bridgehead atoms. The van der Waals surface area contributed by atoms with Gasteiger partial charge in [-0.3, -0.25) is 5.32 Å². The minimum absolute atomic E-state index is 0.430. The van der Waals surface area contributed by atoms with E-state index in [1.807, 2.05) is 42.8 Å². The van der Waals surface area contributed by atoms with Gasteiger partial charge in [-0.2, -0.15) is 11.3 Å². The number of carbonyl (C=O) groups excluding carboxylic acids is 1. The molecule has 1 amide bonds. The van der Waals surface area contributed by atoms with Gasteiger partial charge in [0.25, 0.3) is 0 Å². The second kappa shape index (κ2) is 4.08. The summed E-state index contributed by atoms with van der Waals surface area (Å²) in [7, 11) is 0. The molecular weight excluding hydrogens is 286 g/mol. The van der Waals surface area contributed by atoms with Crippen LogP contribution in [0.25, 0.3) is 22.4 Å². The number of H-pyrrole nitrogens is 1. The van der Waals surface area contributed by atoms with Gasteiger partial charge in [0.2, 0.25) is 0 Å². The highest BCUT2D eigenvalue weighted by Crippen LogP contribution is 2.38. The summed E-state index contributed by atoms with van der Waals surface area (Å²) >= 11 is 1.63. The van der Waals surface area contributed by atoms with Gasteiger partial charge < -0.3 is 9.72 Å². The molecule has 5 nitrogen and oxygen atoms in total. The van der Waals surface area contributed by atoms with E-state index in [0.717, 1.165) is 33.7 Å². The number of cyclic esters (lactones) is 1. The number of nitrogens with one attached hydrogen (secondary N) is 2. The Morgan fingerprint density at radius 1 is 1.33 bits per heavy atom. The highest BCUT2D eigenvalue weighted by atomic mass is 32.1. The molecule has 0 saturated carbocycles. The summed E-state index contributed by atoms with van der Waals surface area (Å²) in [4.78, 5) is 19.5. The lowest BCUT2D eigenvalue weighted by Gasteiger charge is -2.32. The van der Waals surface area contributed by atoms with Gasteiger partial charge in [-0.1, -0.05) is 0 Å². The van der Waals surface area contributed by atoms with Gasteiger partial charge in [0.15, 0.2) is 0 Å². The predicted octanol–water partition coefficient (Wildman–Crippen LogP) is 4.09. The number of imidazole rings is 1. The Kier molecular flexibility index (Phi) is 2.41. The lowest BCUT2D eigenvalue weighted by molar-refractivity contribution is 0.0421. The van der Waals surface area contributed by atoms with Crippen LogP contribution in [0.15, 0.2) is 29.0 Å². The average molecular weight is 299 g/mol. The minimum Gasteiger partial charge on any atom is -0.438 e. The Balaban J connectivity index is 1.92. The van der Waals surface area contributed by atoms with Crippen molar-refractivity contribution < 1.29 is 9.53 Å². The van der Waals surface area contributed by atoms with Crippen molar-refractivity contribution in [2.45, 2.75) is 19.4 Å². The summed E-state index contributed by atoms with van der Waals surface area (Å²) in [5.74, 6) is 0.832. The van der Waals surface area contributed by atoms with Crippen LogP contribution in [0.5, 0.6) is 0 Å². The molecule has 0 radical (unpaired) electrons. The summed E-state index contributed by atoms with van der Waals surface area (Å²) in [6.45, 7) is 3.76. The van der Waals surface area contributed by atoms with Gasteiger partial charge in [0, 0.05) is 16.5 Å². The monoisotopic (exact) mass is 299 g/mol. The van der Waals surface area contributed by atoms with Crippen LogP contribution in [-0.2, 0) is 10.3 Å². The van der Waals surface area contributed by atoms with Crippen LogP contribution in [-0.4, -0.2) is 16.1 Å². The molecule has 0 spiro atoms. The lowest BCUT2D eigenvalue weighted by Crippen LogP contribution is -2.34. The first kappa shape index (κ1) is 12.4. The number of aromatic amines is 1. The number of carbonyl (C=O) groups is 1. The molecule has 0 atom stereocenters. The molecule has 4 rings (SSSR count). The van der Waals surface area contributed by atoms with Gasteiger partial charge in [-0.05, 0) is 37.4 Å². The summed E-state index contributed by atoms with van der Waals surface area (Å²) in [5.41, 5.74) is 3.87. The summed E-state index contributed by atoms with van der Waals surface area (Å²) in [6, 6.07) is 5.91. The van der Waals surface area contributed by atoms with E-state index in [4.69, 9.17) is 4.74 Å². The largest absolute Gasteiger partial charge is 0.438 e. The lowest BCUT2D eigenvalue weighted by atomic mass is 9.94. The normalized spacial score (nSPS) is 16.4. The Labute approximate surface area is 125 Å². The third kappa shape index (κ3) is 1.91. The van der Waals surface area contributed by atoms with Gasteiger partial charge in [0.1, 0.15) is 11.4 Å². The van der Waals surface area contributed by atoms with Gasteiger partial charge in [-0.15, -0.1) is 0 Å². The number of fused-ring (bicyclic) bond motifs is 2. The second-order valence-corrected chi connectivity index (χ2v) is 6.32. The van der Waals surface area contributed by atoms with E-state index in [1.54, 1.807) is 11.3 Å². The topological polar surface area (TPSA) is 67.0 Å². The molecule has 0 fully saturated rings. The van der Waals surface area contributed by atoms with Crippen LogP contribution < -0.4 is 5.32 Å². The van der Waals surface area contributed by atoms with Crippen molar-refractivity contribution in [2.75, 3.05) is 5.32 Å². The molecule has 0 aliphatic carbocycles. The highest BCUT2D eigenvalue weighted by molar-refractivity contribution is 7.08. The zero-order valence-corrected chi connectivity index (χ0v) is 12.4. The molecule has 2 aromatic heterocycles. The van der Waals surface area contributed by atoms with E-state index < -0.39 is 11.7 Å². The van der Waals surface area contributed by atoms with Crippen molar-refractivity contribution in [1.82, 2.24) is 9.97 Å². The zero-order valence-electron chi connectivity index (χ0n) is 11.6. The number of hydrogen-bond acceptors (Lipinski definition) is 4. The van der Waals surface area contributed by atoms with Gasteiger partial charge in [-0.25, -0.2) is 9.78 Å². The van der Waals surface area contributed by atoms with Crippen molar-refractivity contribution in [3.63, 3.8) is 0 Å². The predicted molar refractivity (Wildman–Crippen MR) is 82.5 cm³/mol. The third-order valence-electron chi connectivity index (χ3n) is 3.65. The molecule has 106 valence electrons. The molecule has 1 aliphatic heterocycles. The number of hydrogen-bond donors (Lipinski definition) is 2. The summed E-state index contributed by atoms with van der Waals surface area (Å²) in [5, 5.41) is 6.81. The molecule has 1 aromatic carbocycles. The molecule has 0 unspecified atom stereocenters. The van der Waals surface area contributed by atoms with Crippen molar-refractivity contribution in [2.24, 2.45) is 0 Å². The maximum absolute atomic E-state index is 11.6. The highest BCUT2D eigenvalue weighted by Gasteiger charge is 2.34. The van der Waals surface area contributed by atoms with E-state index in [9.17, 15) is 4.79 Å². The van der Waals surface area contributed by atoms with E-state index in [-0.39, 0.29) is 0 Å². The molecular formula is C15H13N3O2S. The number of rotatable bonds is 1. The first-order valence-corrected chi connectivity index (χ1v) is 7.54. The number of ether oxygens (including phenoxy) is 1. The summed E-state index contributed by atoms with van der Waals surface area (Å²) < 4.78 is 5.35. The zero-order chi connectivity index (χ0) is 14.6. The Hall–Kier alpha value is -2.34. The van der Waals surface area contributed by atoms with E-state index >= 15 is 0 Å². The number of anilines is 1. The van der Waals surface area contributed by atoms with Crippen molar-refractivity contribution in [3.8, 4) is 11.4 Å². The number of benzene rings is 1. The second-order valence-electron chi connectivity index (χ2n) is 5.54. The smallest absolute Gasteiger partial charge is 0.412 e. The average Bonchev–Trinajstić information content (AvgIpc) is 3.04. The number of thiophene rings is 1. The molecule has 0 saturated heterocycles. The first-order valence-electron chi connectivity index (χ1n) is 6.60. The quantitative estimate of drug-likeness (QED) is 0.711. The Bertz CT molecular complexity index is 849. The molecule has 6 heteroatoms. The fourth-order valence-corrected chi connectivity index (χ4v) is 3.26. The van der Waals surface area contributed by atoms with Crippen LogP contribution in [0.3, 0.4) is 0 Å². The van der Waals surface area contributed by atoms with Crippen LogP contribution >= 0.6 is 11.3 Å². The number of nitrogens with zero attached hydrogens (tertiary/aromatic N) is 1. The fourth-order valence-electron chi connectivity index (χ4n) is 2.62. The molecule has 3 heterocycles. The molecule has 1 aliphatic rings. The molecule has 2 N–H and O–H groups in total. The SMILES string of the molecule is CC1(C)OC(=O)Nc2cc3nc(-c4ccsc4)[nH]c3cc21. The van der Waals surface area contributed by atoms with E-state index in [1.165, 1.54) is 0 Å². The number of amides is 1. The summed E-state index contributed by atoms with van der Waals surface area (Å²) in [6.07, 6.45) is -0.430. The van der Waals surface area contributed by atoms with Crippen LogP contribution in [0.4, 0.5) is 10.5 Å². The molecule has 21 heavy (non-hydrogen) atoms. The Morgan fingerprint density at radius 2 is 2.19 bits per heavy atom. The Morgan fingerprint density at radius 3 is 2.95 bits per heavy atom.